The van der Waals surface area contributed by atoms with Crippen LogP contribution >= 0.6 is 0 Å². The van der Waals surface area contributed by atoms with Crippen molar-refractivity contribution >= 4 is 22.8 Å². The van der Waals surface area contributed by atoms with E-state index in [4.69, 9.17) is 0 Å². The number of benzene rings is 1. The number of fused-ring (bicyclic) bond motifs is 1. The molecule has 3 aromatic rings. The van der Waals surface area contributed by atoms with E-state index in [1.54, 1.807) is 0 Å². The molecule has 0 saturated carbocycles. The number of pyridine rings is 1. The molecule has 0 atom stereocenters. The van der Waals surface area contributed by atoms with Gasteiger partial charge in [0.25, 0.3) is 0 Å². The van der Waals surface area contributed by atoms with E-state index in [0.717, 1.165) is 41.3 Å². The molecular formula is C20H23N5O. The van der Waals surface area contributed by atoms with Crippen molar-refractivity contribution in [3.05, 3.63) is 54.0 Å². The minimum absolute atomic E-state index is 0.0223. The zero-order chi connectivity index (χ0) is 17.8. The Morgan fingerprint density at radius 3 is 2.77 bits per heavy atom. The van der Waals surface area contributed by atoms with Crippen molar-refractivity contribution in [1.82, 2.24) is 20.3 Å². The molecule has 2 aromatic heterocycles. The molecular weight excluding hydrogens is 326 g/mol. The van der Waals surface area contributed by atoms with E-state index >= 15 is 0 Å². The van der Waals surface area contributed by atoms with Crippen LogP contribution in [0.3, 0.4) is 0 Å². The number of nitrogens with one attached hydrogen (secondary N) is 2. The van der Waals surface area contributed by atoms with Crippen LogP contribution in [-0.2, 0) is 17.8 Å². The second kappa shape index (κ2) is 7.56. The van der Waals surface area contributed by atoms with Gasteiger partial charge in [-0.1, -0.05) is 18.2 Å². The minimum Gasteiger partial charge on any atom is -0.357 e. The van der Waals surface area contributed by atoms with Crippen molar-refractivity contribution in [2.45, 2.75) is 32.2 Å². The van der Waals surface area contributed by atoms with Gasteiger partial charge in [0.2, 0.25) is 5.91 Å². The summed E-state index contributed by atoms with van der Waals surface area (Å²) in [6, 6.07) is 12.0. The van der Waals surface area contributed by atoms with Gasteiger partial charge >= 0.3 is 0 Å². The number of aryl methyl sites for hydroxylation is 1. The van der Waals surface area contributed by atoms with E-state index in [2.05, 4.69) is 25.2 Å². The first-order chi connectivity index (χ1) is 12.8. The Morgan fingerprint density at radius 1 is 1.15 bits per heavy atom. The van der Waals surface area contributed by atoms with E-state index < -0.39 is 0 Å². The lowest BCUT2D eigenvalue weighted by atomic mass is 10.2. The molecule has 134 valence electrons. The highest BCUT2D eigenvalue weighted by Crippen LogP contribution is 2.17. The quantitative estimate of drug-likeness (QED) is 0.718. The standard InChI is InChI=1S/C20H23N5O/c26-20(10-8-18-23-16-5-1-2-6-17(16)24-18)22-14-15-7-9-19(21-13-15)25-11-3-4-12-25/h1-2,5-7,9,13H,3-4,8,10-12,14H2,(H,22,26)(H,23,24). The number of hydrogen-bond acceptors (Lipinski definition) is 4. The number of rotatable bonds is 6. The molecule has 0 unspecified atom stereocenters. The Balaban J connectivity index is 1.25. The average Bonchev–Trinajstić information content (AvgIpc) is 3.34. The third kappa shape index (κ3) is 3.85. The van der Waals surface area contributed by atoms with Crippen molar-refractivity contribution in [3.63, 3.8) is 0 Å². The number of imidazole rings is 1. The molecule has 0 aliphatic carbocycles. The summed E-state index contributed by atoms with van der Waals surface area (Å²) in [6.07, 6.45) is 5.36. The molecule has 1 fully saturated rings. The van der Waals surface area contributed by atoms with Crippen LogP contribution in [0.15, 0.2) is 42.6 Å². The van der Waals surface area contributed by atoms with E-state index in [9.17, 15) is 4.79 Å². The molecule has 1 saturated heterocycles. The predicted octanol–water partition coefficient (Wildman–Crippen LogP) is 2.81. The summed E-state index contributed by atoms with van der Waals surface area (Å²) < 4.78 is 0. The number of para-hydroxylation sites is 2. The molecule has 1 aliphatic heterocycles. The van der Waals surface area contributed by atoms with Gasteiger partial charge in [0.1, 0.15) is 11.6 Å². The number of amides is 1. The van der Waals surface area contributed by atoms with Gasteiger partial charge in [-0.05, 0) is 36.6 Å². The molecule has 6 heteroatoms. The lowest BCUT2D eigenvalue weighted by molar-refractivity contribution is -0.121. The number of H-pyrrole nitrogens is 1. The fraction of sp³-hybridized carbons (Fsp3) is 0.350. The summed E-state index contributed by atoms with van der Waals surface area (Å²) in [4.78, 5) is 26.7. The van der Waals surface area contributed by atoms with Crippen LogP contribution in [0.1, 0.15) is 30.7 Å². The average molecular weight is 349 g/mol. The fourth-order valence-electron chi connectivity index (χ4n) is 3.30. The Hall–Kier alpha value is -2.89. The first-order valence-corrected chi connectivity index (χ1v) is 9.18. The second-order valence-corrected chi connectivity index (χ2v) is 6.70. The van der Waals surface area contributed by atoms with E-state index in [1.165, 1.54) is 12.8 Å². The highest BCUT2D eigenvalue weighted by Gasteiger charge is 2.13. The minimum atomic E-state index is 0.0223. The summed E-state index contributed by atoms with van der Waals surface area (Å²) in [5.41, 5.74) is 2.96. The smallest absolute Gasteiger partial charge is 0.220 e. The molecule has 3 heterocycles. The Kier molecular flexibility index (Phi) is 4.82. The number of carbonyl (C=O) groups is 1. The van der Waals surface area contributed by atoms with Gasteiger partial charge in [-0.2, -0.15) is 0 Å². The number of anilines is 1. The normalized spacial score (nSPS) is 14.1. The molecule has 2 N–H and O–H groups in total. The topological polar surface area (TPSA) is 73.9 Å². The van der Waals surface area contributed by atoms with Gasteiger partial charge in [0.15, 0.2) is 0 Å². The van der Waals surface area contributed by atoms with Gasteiger partial charge in [-0.15, -0.1) is 0 Å². The number of nitrogens with zero attached hydrogens (tertiary/aromatic N) is 3. The van der Waals surface area contributed by atoms with Crippen LogP contribution < -0.4 is 10.2 Å². The first-order valence-electron chi connectivity index (χ1n) is 9.18. The van der Waals surface area contributed by atoms with E-state index in [1.807, 2.05) is 42.6 Å². The summed E-state index contributed by atoms with van der Waals surface area (Å²) in [6.45, 7) is 2.68. The molecule has 4 rings (SSSR count). The summed E-state index contributed by atoms with van der Waals surface area (Å²) in [5, 5.41) is 2.96. The summed E-state index contributed by atoms with van der Waals surface area (Å²) in [5.74, 6) is 1.90. The van der Waals surface area contributed by atoms with E-state index in [0.29, 0.717) is 19.4 Å². The number of carbonyl (C=O) groups excluding carboxylic acids is 1. The predicted molar refractivity (Wildman–Crippen MR) is 102 cm³/mol. The third-order valence-corrected chi connectivity index (χ3v) is 4.76. The zero-order valence-corrected chi connectivity index (χ0v) is 14.7. The maximum Gasteiger partial charge on any atom is 0.220 e. The number of aromatic nitrogens is 3. The van der Waals surface area contributed by atoms with Crippen molar-refractivity contribution in [3.8, 4) is 0 Å². The van der Waals surface area contributed by atoms with Crippen molar-refractivity contribution in [2.75, 3.05) is 18.0 Å². The zero-order valence-electron chi connectivity index (χ0n) is 14.7. The number of aromatic amines is 1. The molecule has 1 aromatic carbocycles. The van der Waals surface area contributed by atoms with Crippen molar-refractivity contribution in [1.29, 1.82) is 0 Å². The van der Waals surface area contributed by atoms with Gasteiger partial charge in [0, 0.05) is 38.7 Å². The molecule has 0 spiro atoms. The Morgan fingerprint density at radius 2 is 2.00 bits per heavy atom. The van der Waals surface area contributed by atoms with Crippen LogP contribution in [0, 0.1) is 0 Å². The second-order valence-electron chi connectivity index (χ2n) is 6.70. The van der Waals surface area contributed by atoms with E-state index in [-0.39, 0.29) is 5.91 Å². The van der Waals surface area contributed by atoms with Crippen LogP contribution in [0.5, 0.6) is 0 Å². The summed E-state index contributed by atoms with van der Waals surface area (Å²) >= 11 is 0. The molecule has 1 amide bonds. The SMILES string of the molecule is O=C(CCc1nc2ccccc2[nH]1)NCc1ccc(N2CCCC2)nc1. The highest BCUT2D eigenvalue weighted by atomic mass is 16.1. The fourth-order valence-corrected chi connectivity index (χ4v) is 3.30. The van der Waals surface area contributed by atoms with Crippen LogP contribution in [0.2, 0.25) is 0 Å². The van der Waals surface area contributed by atoms with Gasteiger partial charge in [0.05, 0.1) is 11.0 Å². The number of hydrogen-bond donors (Lipinski definition) is 2. The Bertz CT molecular complexity index is 848. The van der Waals surface area contributed by atoms with Crippen molar-refractivity contribution in [2.24, 2.45) is 0 Å². The van der Waals surface area contributed by atoms with Crippen LogP contribution in [-0.4, -0.2) is 33.9 Å². The Labute approximate surface area is 152 Å². The van der Waals surface area contributed by atoms with Crippen molar-refractivity contribution < 1.29 is 4.79 Å². The lowest BCUT2D eigenvalue weighted by Crippen LogP contribution is -2.23. The first kappa shape index (κ1) is 16.6. The maximum absolute atomic E-state index is 12.1. The molecule has 1 aliphatic rings. The van der Waals surface area contributed by atoms with Gasteiger partial charge in [-0.25, -0.2) is 9.97 Å². The van der Waals surface area contributed by atoms with Crippen LogP contribution in [0.25, 0.3) is 11.0 Å². The molecule has 26 heavy (non-hydrogen) atoms. The molecule has 6 nitrogen and oxygen atoms in total. The maximum atomic E-state index is 12.1. The highest BCUT2D eigenvalue weighted by molar-refractivity contribution is 5.77. The molecule has 0 bridgehead atoms. The third-order valence-electron chi connectivity index (χ3n) is 4.76. The van der Waals surface area contributed by atoms with Crippen LogP contribution in [0.4, 0.5) is 5.82 Å². The monoisotopic (exact) mass is 349 g/mol. The van der Waals surface area contributed by atoms with Gasteiger partial charge in [-0.3, -0.25) is 4.79 Å². The largest absolute Gasteiger partial charge is 0.357 e. The summed E-state index contributed by atoms with van der Waals surface area (Å²) in [7, 11) is 0. The lowest BCUT2D eigenvalue weighted by Gasteiger charge is -2.16. The molecule has 0 radical (unpaired) electrons. The van der Waals surface area contributed by atoms with Gasteiger partial charge < -0.3 is 15.2 Å².